The summed E-state index contributed by atoms with van der Waals surface area (Å²) in [7, 11) is 1.65. The van der Waals surface area contributed by atoms with Gasteiger partial charge >= 0.3 is 0 Å². The zero-order chi connectivity index (χ0) is 20.2. The van der Waals surface area contributed by atoms with Crippen molar-refractivity contribution in [3.63, 3.8) is 0 Å². The smallest absolute Gasteiger partial charge is 0.248 e. The lowest BCUT2D eigenvalue weighted by Crippen LogP contribution is -2.48. The number of amides is 3. The molecule has 1 aromatic rings. The molecule has 0 atom stereocenters. The summed E-state index contributed by atoms with van der Waals surface area (Å²) < 4.78 is 0. The standard InChI is InChI=1S/C20H30N4O3/c1-20(2,3)22-17(25)12-23(4)18(26)13-24(16-9-10-16)11-14-5-7-15(8-6-14)19(21)27/h5-8,16H,9-13H2,1-4H3,(H2,21,27)(H,22,25). The van der Waals surface area contributed by atoms with Crippen molar-refractivity contribution in [2.24, 2.45) is 5.73 Å². The van der Waals surface area contributed by atoms with E-state index in [4.69, 9.17) is 5.73 Å². The minimum absolute atomic E-state index is 0.0436. The molecule has 1 aromatic carbocycles. The van der Waals surface area contributed by atoms with Crippen molar-refractivity contribution in [3.8, 4) is 0 Å². The van der Waals surface area contributed by atoms with Gasteiger partial charge in [-0.2, -0.15) is 0 Å². The lowest BCUT2D eigenvalue weighted by Gasteiger charge is -2.26. The van der Waals surface area contributed by atoms with E-state index >= 15 is 0 Å². The molecule has 1 saturated carbocycles. The minimum Gasteiger partial charge on any atom is -0.366 e. The zero-order valence-corrected chi connectivity index (χ0v) is 16.6. The Hall–Kier alpha value is -2.41. The number of nitrogens with two attached hydrogens (primary N) is 1. The zero-order valence-electron chi connectivity index (χ0n) is 16.6. The van der Waals surface area contributed by atoms with Crippen molar-refractivity contribution in [1.29, 1.82) is 0 Å². The molecule has 0 heterocycles. The van der Waals surface area contributed by atoms with Crippen molar-refractivity contribution in [2.75, 3.05) is 20.1 Å². The van der Waals surface area contributed by atoms with Gasteiger partial charge in [0.25, 0.3) is 0 Å². The summed E-state index contributed by atoms with van der Waals surface area (Å²) in [6.45, 7) is 6.65. The summed E-state index contributed by atoms with van der Waals surface area (Å²) in [6, 6.07) is 7.52. The first-order chi connectivity index (χ1) is 12.5. The van der Waals surface area contributed by atoms with Crippen LogP contribution >= 0.6 is 0 Å². The average Bonchev–Trinajstić information content (AvgIpc) is 3.37. The Balaban J connectivity index is 1.92. The van der Waals surface area contributed by atoms with Gasteiger partial charge in [0, 0.05) is 30.7 Å². The first-order valence-corrected chi connectivity index (χ1v) is 9.23. The Labute approximate surface area is 160 Å². The first kappa shape index (κ1) is 20.9. The summed E-state index contributed by atoms with van der Waals surface area (Å²) in [5, 5.41) is 2.86. The Bertz CT molecular complexity index is 690. The summed E-state index contributed by atoms with van der Waals surface area (Å²) in [4.78, 5) is 39.4. The highest BCUT2D eigenvalue weighted by Gasteiger charge is 2.31. The van der Waals surface area contributed by atoms with Crippen LogP contribution in [0, 0.1) is 0 Å². The molecule has 7 nitrogen and oxygen atoms in total. The molecule has 2 rings (SSSR count). The maximum Gasteiger partial charge on any atom is 0.248 e. The van der Waals surface area contributed by atoms with Crippen molar-refractivity contribution in [3.05, 3.63) is 35.4 Å². The number of nitrogens with one attached hydrogen (secondary N) is 1. The van der Waals surface area contributed by atoms with Gasteiger partial charge in [-0.1, -0.05) is 12.1 Å². The second-order valence-corrected chi connectivity index (χ2v) is 8.25. The van der Waals surface area contributed by atoms with Gasteiger partial charge in [0.15, 0.2) is 0 Å². The molecule has 0 unspecified atom stereocenters. The first-order valence-electron chi connectivity index (χ1n) is 9.23. The summed E-state index contributed by atoms with van der Waals surface area (Å²) in [5.41, 5.74) is 6.44. The Kier molecular flexibility index (Phi) is 6.59. The van der Waals surface area contributed by atoms with Crippen molar-refractivity contribution in [2.45, 2.75) is 51.7 Å². The van der Waals surface area contributed by atoms with E-state index in [0.29, 0.717) is 18.2 Å². The van der Waals surface area contributed by atoms with Crippen LogP contribution in [0.4, 0.5) is 0 Å². The lowest BCUT2D eigenvalue weighted by atomic mass is 10.1. The molecule has 0 bridgehead atoms. The average molecular weight is 374 g/mol. The Morgan fingerprint density at radius 2 is 1.70 bits per heavy atom. The molecular formula is C20H30N4O3. The number of hydrogen-bond donors (Lipinski definition) is 2. The van der Waals surface area contributed by atoms with E-state index in [2.05, 4.69) is 10.2 Å². The van der Waals surface area contributed by atoms with Gasteiger partial charge in [-0.05, 0) is 51.3 Å². The lowest BCUT2D eigenvalue weighted by molar-refractivity contribution is -0.136. The second kappa shape index (κ2) is 8.52. The number of carbonyl (C=O) groups is 3. The number of hydrogen-bond acceptors (Lipinski definition) is 4. The van der Waals surface area contributed by atoms with E-state index in [9.17, 15) is 14.4 Å². The second-order valence-electron chi connectivity index (χ2n) is 8.25. The molecule has 0 aliphatic heterocycles. The number of primary amides is 1. The normalized spacial score (nSPS) is 14.1. The van der Waals surface area contributed by atoms with Gasteiger partial charge in [-0.15, -0.1) is 0 Å². The van der Waals surface area contributed by atoms with Gasteiger partial charge in [0.1, 0.15) is 0 Å². The van der Waals surface area contributed by atoms with Crippen molar-refractivity contribution < 1.29 is 14.4 Å². The molecule has 148 valence electrons. The fourth-order valence-electron chi connectivity index (χ4n) is 2.82. The van der Waals surface area contributed by atoms with E-state index in [1.165, 1.54) is 4.90 Å². The fourth-order valence-corrected chi connectivity index (χ4v) is 2.82. The van der Waals surface area contributed by atoms with Crippen molar-refractivity contribution >= 4 is 17.7 Å². The highest BCUT2D eigenvalue weighted by atomic mass is 16.2. The number of benzene rings is 1. The number of likely N-dealkylation sites (N-methyl/N-ethyl adjacent to an activating group) is 1. The summed E-state index contributed by atoms with van der Waals surface area (Å²) in [5.74, 6) is -0.705. The largest absolute Gasteiger partial charge is 0.366 e. The van der Waals surface area contributed by atoms with Crippen LogP contribution in [0.25, 0.3) is 0 Å². The summed E-state index contributed by atoms with van der Waals surface area (Å²) in [6.07, 6.45) is 2.14. The van der Waals surface area contributed by atoms with Crippen molar-refractivity contribution in [1.82, 2.24) is 15.1 Å². The van der Waals surface area contributed by atoms with E-state index in [0.717, 1.165) is 18.4 Å². The number of nitrogens with zero attached hydrogens (tertiary/aromatic N) is 2. The predicted molar refractivity (Wildman–Crippen MR) is 104 cm³/mol. The van der Waals surface area contributed by atoms with Crippen LogP contribution in [-0.2, 0) is 16.1 Å². The van der Waals surface area contributed by atoms with Crippen LogP contribution in [0.2, 0.25) is 0 Å². The van der Waals surface area contributed by atoms with E-state index in [-0.39, 0.29) is 30.4 Å². The molecule has 0 saturated heterocycles. The molecule has 27 heavy (non-hydrogen) atoms. The predicted octanol–water partition coefficient (Wildman–Crippen LogP) is 1.12. The van der Waals surface area contributed by atoms with E-state index < -0.39 is 5.91 Å². The maximum absolute atomic E-state index is 12.6. The van der Waals surface area contributed by atoms with Gasteiger partial charge in [-0.25, -0.2) is 0 Å². The molecule has 0 aromatic heterocycles. The highest BCUT2D eigenvalue weighted by Crippen LogP contribution is 2.28. The molecule has 0 spiro atoms. The number of rotatable bonds is 8. The SMILES string of the molecule is CN(CC(=O)NC(C)(C)C)C(=O)CN(Cc1ccc(C(N)=O)cc1)C1CC1. The molecule has 1 fully saturated rings. The van der Waals surface area contributed by atoms with Crippen LogP contribution in [0.1, 0.15) is 49.5 Å². The molecule has 7 heteroatoms. The monoisotopic (exact) mass is 374 g/mol. The molecule has 3 N–H and O–H groups in total. The third-order valence-electron chi connectivity index (χ3n) is 4.35. The van der Waals surface area contributed by atoms with Crippen LogP contribution < -0.4 is 11.1 Å². The molecule has 0 radical (unpaired) electrons. The summed E-state index contributed by atoms with van der Waals surface area (Å²) >= 11 is 0. The molecule has 1 aliphatic rings. The third kappa shape index (κ3) is 7.02. The van der Waals surface area contributed by atoms with E-state index in [1.807, 2.05) is 32.9 Å². The van der Waals surface area contributed by atoms with E-state index in [1.54, 1.807) is 19.2 Å². The van der Waals surface area contributed by atoms with Gasteiger partial charge in [0.2, 0.25) is 17.7 Å². The molecule has 1 aliphatic carbocycles. The highest BCUT2D eigenvalue weighted by molar-refractivity contribution is 5.92. The van der Waals surface area contributed by atoms with Gasteiger partial charge < -0.3 is 16.0 Å². The fraction of sp³-hybridized carbons (Fsp3) is 0.550. The van der Waals surface area contributed by atoms with Crippen LogP contribution in [0.3, 0.4) is 0 Å². The van der Waals surface area contributed by atoms with Gasteiger partial charge in [-0.3, -0.25) is 19.3 Å². The van der Waals surface area contributed by atoms with Gasteiger partial charge in [0.05, 0.1) is 13.1 Å². The quantitative estimate of drug-likeness (QED) is 0.713. The molecular weight excluding hydrogens is 344 g/mol. The van der Waals surface area contributed by atoms with Crippen LogP contribution in [0.5, 0.6) is 0 Å². The molecule has 3 amide bonds. The third-order valence-corrected chi connectivity index (χ3v) is 4.35. The Morgan fingerprint density at radius 3 is 2.19 bits per heavy atom. The van der Waals surface area contributed by atoms with Crippen LogP contribution in [0.15, 0.2) is 24.3 Å². The van der Waals surface area contributed by atoms with Crippen LogP contribution in [-0.4, -0.2) is 59.2 Å². The number of carbonyl (C=O) groups excluding carboxylic acids is 3. The minimum atomic E-state index is -0.453. The Morgan fingerprint density at radius 1 is 1.11 bits per heavy atom. The topological polar surface area (TPSA) is 95.7 Å². The maximum atomic E-state index is 12.6.